The highest BCUT2D eigenvalue weighted by Crippen LogP contribution is 2.26. The third-order valence-electron chi connectivity index (χ3n) is 2.54. The van der Waals surface area contributed by atoms with Crippen molar-refractivity contribution in [2.24, 2.45) is 0 Å². The summed E-state index contributed by atoms with van der Waals surface area (Å²) in [6, 6.07) is 4.68. The van der Waals surface area contributed by atoms with Crippen molar-refractivity contribution in [2.75, 3.05) is 7.05 Å². The molecule has 0 fully saturated rings. The minimum atomic E-state index is -0.282. The highest BCUT2D eigenvalue weighted by Gasteiger charge is 2.16. The van der Waals surface area contributed by atoms with Crippen LogP contribution in [0.1, 0.15) is 16.5 Å². The predicted molar refractivity (Wildman–Crippen MR) is 66.8 cm³/mol. The van der Waals surface area contributed by atoms with Crippen molar-refractivity contribution >= 4 is 23.1 Å². The average Bonchev–Trinajstić information content (AvgIpc) is 2.82. The molecule has 0 radical (unpaired) electrons. The van der Waals surface area contributed by atoms with Crippen molar-refractivity contribution in [1.82, 2.24) is 14.9 Å². The van der Waals surface area contributed by atoms with Gasteiger partial charge in [-0.05, 0) is 37.1 Å². The summed E-state index contributed by atoms with van der Waals surface area (Å²) in [5, 5.41) is 7.34. The molecule has 0 aliphatic rings. The lowest BCUT2D eigenvalue weighted by Gasteiger charge is -2.14. The van der Waals surface area contributed by atoms with Gasteiger partial charge in [0.05, 0.1) is 11.1 Å². The van der Waals surface area contributed by atoms with Crippen LogP contribution in [0.15, 0.2) is 24.4 Å². The van der Waals surface area contributed by atoms with Gasteiger partial charge in [-0.3, -0.25) is 0 Å². The summed E-state index contributed by atoms with van der Waals surface area (Å²) in [5.41, 5.74) is 0.516. The first kappa shape index (κ1) is 12.4. The number of hydrogen-bond donors (Lipinski definition) is 1. The maximum Gasteiger partial charge on any atom is 0.127 e. The topological polar surface area (TPSA) is 37.8 Å². The van der Waals surface area contributed by atoms with Crippen molar-refractivity contribution in [3.05, 3.63) is 45.7 Å². The standard InChI is InChI=1S/C11H11ClFN3S/c1-14-10(11-6-15-16-17-11)5-7-8(12)3-2-4-9(7)13/h2-4,6,10,14H,5H2,1H3. The largest absolute Gasteiger partial charge is 0.312 e. The second kappa shape index (κ2) is 5.53. The molecule has 1 aromatic carbocycles. The number of nitrogens with one attached hydrogen (secondary N) is 1. The van der Waals surface area contributed by atoms with Crippen LogP contribution in [0.4, 0.5) is 4.39 Å². The van der Waals surface area contributed by atoms with E-state index in [4.69, 9.17) is 11.6 Å². The van der Waals surface area contributed by atoms with Crippen LogP contribution in [-0.2, 0) is 6.42 Å². The summed E-state index contributed by atoms with van der Waals surface area (Å²) >= 11 is 7.29. The number of likely N-dealkylation sites (N-methyl/N-ethyl adjacent to an activating group) is 1. The normalized spacial score (nSPS) is 12.6. The highest BCUT2D eigenvalue weighted by atomic mass is 35.5. The van der Waals surface area contributed by atoms with Gasteiger partial charge in [-0.2, -0.15) is 0 Å². The molecule has 6 heteroatoms. The van der Waals surface area contributed by atoms with E-state index in [9.17, 15) is 4.39 Å². The Balaban J connectivity index is 2.25. The van der Waals surface area contributed by atoms with Crippen LogP contribution in [0, 0.1) is 5.82 Å². The molecule has 1 atom stereocenters. The van der Waals surface area contributed by atoms with Crippen LogP contribution >= 0.6 is 23.1 Å². The van der Waals surface area contributed by atoms with E-state index >= 15 is 0 Å². The molecule has 1 unspecified atom stereocenters. The van der Waals surface area contributed by atoms with Gasteiger partial charge in [0, 0.05) is 16.6 Å². The van der Waals surface area contributed by atoms with E-state index in [1.165, 1.54) is 17.6 Å². The first-order valence-corrected chi connectivity index (χ1v) is 6.25. The summed E-state index contributed by atoms with van der Waals surface area (Å²) in [6.45, 7) is 0. The van der Waals surface area contributed by atoms with Crippen molar-refractivity contribution in [3.8, 4) is 0 Å². The molecule has 1 heterocycles. The molecule has 0 saturated heterocycles. The molecule has 90 valence electrons. The maximum atomic E-state index is 13.6. The predicted octanol–water partition coefficient (Wildman–Crippen LogP) is 2.83. The summed E-state index contributed by atoms with van der Waals surface area (Å²) in [5.74, 6) is -0.282. The van der Waals surface area contributed by atoms with Crippen LogP contribution in [0.5, 0.6) is 0 Å². The van der Waals surface area contributed by atoms with Crippen LogP contribution < -0.4 is 5.32 Å². The Morgan fingerprint density at radius 2 is 2.35 bits per heavy atom. The van der Waals surface area contributed by atoms with Gasteiger partial charge in [-0.15, -0.1) is 5.10 Å². The lowest BCUT2D eigenvalue weighted by atomic mass is 10.0. The van der Waals surface area contributed by atoms with Gasteiger partial charge >= 0.3 is 0 Å². The van der Waals surface area contributed by atoms with Gasteiger partial charge < -0.3 is 5.32 Å². The molecule has 0 amide bonds. The molecule has 1 aromatic heterocycles. The zero-order chi connectivity index (χ0) is 12.3. The fourth-order valence-electron chi connectivity index (χ4n) is 1.60. The van der Waals surface area contributed by atoms with E-state index in [2.05, 4.69) is 14.9 Å². The molecule has 2 aromatic rings. The summed E-state index contributed by atoms with van der Waals surface area (Å²) < 4.78 is 17.5. The molecule has 2 rings (SSSR count). The minimum Gasteiger partial charge on any atom is -0.312 e. The summed E-state index contributed by atoms with van der Waals surface area (Å²) in [6.07, 6.45) is 2.16. The van der Waals surface area contributed by atoms with E-state index in [0.717, 1.165) is 4.88 Å². The Bertz CT molecular complexity index is 469. The maximum absolute atomic E-state index is 13.6. The lowest BCUT2D eigenvalue weighted by molar-refractivity contribution is 0.559. The smallest absolute Gasteiger partial charge is 0.127 e. The molecule has 0 saturated carbocycles. The first-order chi connectivity index (χ1) is 8.22. The molecule has 3 nitrogen and oxygen atoms in total. The third kappa shape index (κ3) is 2.80. The number of nitrogens with zero attached hydrogens (tertiary/aromatic N) is 2. The number of benzene rings is 1. The van der Waals surface area contributed by atoms with Crippen molar-refractivity contribution in [2.45, 2.75) is 12.5 Å². The second-order valence-corrected chi connectivity index (χ2v) is 4.79. The van der Waals surface area contributed by atoms with Crippen molar-refractivity contribution in [1.29, 1.82) is 0 Å². The van der Waals surface area contributed by atoms with Gasteiger partial charge in [0.25, 0.3) is 0 Å². The van der Waals surface area contributed by atoms with Gasteiger partial charge in [-0.25, -0.2) is 4.39 Å². The average molecular weight is 272 g/mol. The van der Waals surface area contributed by atoms with Crippen LogP contribution in [0.25, 0.3) is 0 Å². The van der Waals surface area contributed by atoms with Gasteiger partial charge in [0.1, 0.15) is 5.82 Å². The third-order valence-corrected chi connectivity index (χ3v) is 3.67. The van der Waals surface area contributed by atoms with Gasteiger partial charge in [-0.1, -0.05) is 22.2 Å². The Labute approximate surface area is 108 Å². The molecular weight excluding hydrogens is 261 g/mol. The van der Waals surface area contributed by atoms with E-state index in [-0.39, 0.29) is 11.9 Å². The fraction of sp³-hybridized carbons (Fsp3) is 0.273. The zero-order valence-electron chi connectivity index (χ0n) is 9.15. The number of hydrogen-bond acceptors (Lipinski definition) is 4. The highest BCUT2D eigenvalue weighted by molar-refractivity contribution is 7.05. The van der Waals surface area contributed by atoms with E-state index in [1.807, 2.05) is 7.05 Å². The first-order valence-electron chi connectivity index (χ1n) is 5.09. The van der Waals surface area contributed by atoms with Gasteiger partial charge in [0.15, 0.2) is 0 Å². The van der Waals surface area contributed by atoms with Crippen molar-refractivity contribution < 1.29 is 4.39 Å². The monoisotopic (exact) mass is 271 g/mol. The molecular formula is C11H11ClFN3S. The number of rotatable bonds is 4. The molecule has 0 bridgehead atoms. The Morgan fingerprint density at radius 3 is 2.94 bits per heavy atom. The van der Waals surface area contributed by atoms with Crippen LogP contribution in [0.3, 0.4) is 0 Å². The Hall–Kier alpha value is -1.04. The van der Waals surface area contributed by atoms with Gasteiger partial charge in [0.2, 0.25) is 0 Å². The van der Waals surface area contributed by atoms with E-state index < -0.39 is 0 Å². The van der Waals surface area contributed by atoms with E-state index in [0.29, 0.717) is 17.0 Å². The zero-order valence-corrected chi connectivity index (χ0v) is 10.7. The molecule has 0 aliphatic heterocycles. The number of aromatic nitrogens is 2. The summed E-state index contributed by atoms with van der Waals surface area (Å²) in [4.78, 5) is 0.965. The number of halogens is 2. The molecule has 0 spiro atoms. The lowest BCUT2D eigenvalue weighted by Crippen LogP contribution is -2.18. The quantitative estimate of drug-likeness (QED) is 0.929. The minimum absolute atomic E-state index is 0.0237. The Kier molecular flexibility index (Phi) is 4.04. The van der Waals surface area contributed by atoms with Crippen molar-refractivity contribution in [3.63, 3.8) is 0 Å². The fourth-order valence-corrected chi connectivity index (χ4v) is 2.46. The second-order valence-electron chi connectivity index (χ2n) is 3.57. The molecule has 0 aliphatic carbocycles. The SMILES string of the molecule is CNC(Cc1c(F)cccc1Cl)c1cnns1. The van der Waals surface area contributed by atoms with Crippen LogP contribution in [-0.4, -0.2) is 16.6 Å². The molecule has 17 heavy (non-hydrogen) atoms. The molecule has 1 N–H and O–H groups in total. The summed E-state index contributed by atoms with van der Waals surface area (Å²) in [7, 11) is 1.82. The van der Waals surface area contributed by atoms with E-state index in [1.54, 1.807) is 18.3 Å². The Morgan fingerprint density at radius 1 is 1.53 bits per heavy atom. The van der Waals surface area contributed by atoms with Crippen LogP contribution in [0.2, 0.25) is 5.02 Å².